The molecule has 0 spiro atoms. The molecule has 0 radical (unpaired) electrons. The third kappa shape index (κ3) is 8.91. The Bertz CT molecular complexity index is 1060. The lowest BCUT2D eigenvalue weighted by Crippen LogP contribution is -2.55. The maximum Gasteiger partial charge on any atom is 0.326 e. The number of hydrogen-bond donors (Lipinski definition) is 7. The van der Waals surface area contributed by atoms with E-state index < -0.39 is 48.4 Å². The zero-order valence-electron chi connectivity index (χ0n) is 20.1. The van der Waals surface area contributed by atoms with Crippen LogP contribution in [-0.2, 0) is 32.0 Å². The van der Waals surface area contributed by atoms with Gasteiger partial charge in [0, 0.05) is 12.8 Å². The molecule has 0 bridgehead atoms. The van der Waals surface area contributed by atoms with Gasteiger partial charge in [0.1, 0.15) is 23.6 Å². The van der Waals surface area contributed by atoms with Gasteiger partial charge in [0.05, 0.1) is 12.6 Å². The predicted molar refractivity (Wildman–Crippen MR) is 131 cm³/mol. The fourth-order valence-electron chi connectivity index (χ4n) is 3.25. The van der Waals surface area contributed by atoms with Crippen molar-refractivity contribution < 1.29 is 34.5 Å². The average Bonchev–Trinajstić information content (AvgIpc) is 2.83. The molecule has 3 atom stereocenters. The molecule has 11 heteroatoms. The quantitative estimate of drug-likeness (QED) is 0.212. The molecule has 8 N–H and O–H groups in total. The van der Waals surface area contributed by atoms with Gasteiger partial charge in [-0.3, -0.25) is 14.4 Å². The number of benzene rings is 2. The zero-order valence-corrected chi connectivity index (χ0v) is 20.1. The van der Waals surface area contributed by atoms with Crippen molar-refractivity contribution in [3.05, 3.63) is 59.7 Å². The van der Waals surface area contributed by atoms with Gasteiger partial charge >= 0.3 is 5.97 Å². The van der Waals surface area contributed by atoms with Crippen LogP contribution in [0.5, 0.6) is 11.5 Å². The molecule has 0 aliphatic rings. The highest BCUT2D eigenvalue weighted by Gasteiger charge is 2.26. The topological polar surface area (TPSA) is 191 Å². The fraction of sp³-hybridized carbons (Fsp3) is 0.360. The van der Waals surface area contributed by atoms with Crippen molar-refractivity contribution in [2.75, 3.05) is 6.54 Å². The molecule has 2 aromatic carbocycles. The van der Waals surface area contributed by atoms with Gasteiger partial charge in [-0.1, -0.05) is 38.1 Å². The number of hydrogen-bond acceptors (Lipinski definition) is 7. The van der Waals surface area contributed by atoms with Gasteiger partial charge in [0.15, 0.2) is 0 Å². The molecule has 3 unspecified atom stereocenters. The highest BCUT2D eigenvalue weighted by Crippen LogP contribution is 2.13. The van der Waals surface area contributed by atoms with E-state index in [1.54, 1.807) is 26.0 Å². The zero-order chi connectivity index (χ0) is 26.8. The number of nitrogens with two attached hydrogens (primary N) is 1. The summed E-state index contributed by atoms with van der Waals surface area (Å²) in [4.78, 5) is 49.3. The third-order valence-corrected chi connectivity index (χ3v) is 5.46. The van der Waals surface area contributed by atoms with Crippen molar-refractivity contribution in [1.29, 1.82) is 0 Å². The molecule has 0 aromatic heterocycles. The van der Waals surface area contributed by atoms with Crippen LogP contribution in [0.1, 0.15) is 25.0 Å². The summed E-state index contributed by atoms with van der Waals surface area (Å²) >= 11 is 0. The Balaban J connectivity index is 2.02. The van der Waals surface area contributed by atoms with E-state index in [2.05, 4.69) is 16.0 Å². The summed E-state index contributed by atoms with van der Waals surface area (Å²) in [5.74, 6) is -3.29. The molecule has 2 aromatic rings. The van der Waals surface area contributed by atoms with Crippen molar-refractivity contribution >= 4 is 23.7 Å². The standard InChI is InChI=1S/C25H32N4O7/c1-14(2)22(26)24(34)29-19(11-15-3-7-17(30)8-4-15)23(33)27-13-21(32)28-20(25(35)36)12-16-5-9-18(31)10-6-16/h3-10,14,19-20,22,30-31H,11-13,26H2,1-2H3,(H,27,33)(H,28,32)(H,29,34)(H,35,36). The number of rotatable bonds is 12. The second-order valence-electron chi connectivity index (χ2n) is 8.75. The second kappa shape index (κ2) is 13.1. The molecule has 0 saturated heterocycles. The fourth-order valence-corrected chi connectivity index (χ4v) is 3.25. The molecule has 11 nitrogen and oxygen atoms in total. The summed E-state index contributed by atoms with van der Waals surface area (Å²) in [6, 6.07) is 8.81. The number of phenols is 2. The number of amides is 3. The van der Waals surface area contributed by atoms with Crippen LogP contribution in [0, 0.1) is 5.92 Å². The first-order chi connectivity index (χ1) is 17.0. The summed E-state index contributed by atoms with van der Waals surface area (Å²) in [7, 11) is 0. The van der Waals surface area contributed by atoms with Gasteiger partial charge in [-0.15, -0.1) is 0 Å². The van der Waals surface area contributed by atoms with E-state index >= 15 is 0 Å². The van der Waals surface area contributed by atoms with Gasteiger partial charge in [-0.25, -0.2) is 4.79 Å². The van der Waals surface area contributed by atoms with Crippen LogP contribution < -0.4 is 21.7 Å². The number of carbonyl (C=O) groups is 4. The van der Waals surface area contributed by atoms with Crippen LogP contribution in [0.2, 0.25) is 0 Å². The molecule has 36 heavy (non-hydrogen) atoms. The van der Waals surface area contributed by atoms with Crippen LogP contribution >= 0.6 is 0 Å². The van der Waals surface area contributed by atoms with Crippen LogP contribution in [-0.4, -0.2) is 63.7 Å². The van der Waals surface area contributed by atoms with Crippen LogP contribution in [0.25, 0.3) is 0 Å². The molecule has 0 saturated carbocycles. The first-order valence-corrected chi connectivity index (χ1v) is 11.4. The van der Waals surface area contributed by atoms with E-state index in [0.29, 0.717) is 11.1 Å². The van der Waals surface area contributed by atoms with Gasteiger partial charge in [-0.2, -0.15) is 0 Å². The summed E-state index contributed by atoms with van der Waals surface area (Å²) in [5.41, 5.74) is 7.12. The summed E-state index contributed by atoms with van der Waals surface area (Å²) in [6.45, 7) is 3.01. The van der Waals surface area contributed by atoms with Gasteiger partial charge < -0.3 is 37.0 Å². The predicted octanol–water partition coefficient (Wildman–Crippen LogP) is 0.0367. The monoisotopic (exact) mass is 500 g/mol. The van der Waals surface area contributed by atoms with E-state index in [4.69, 9.17) is 5.73 Å². The maximum atomic E-state index is 12.9. The molecule has 0 aliphatic heterocycles. The van der Waals surface area contributed by atoms with Crippen LogP contribution in [0.15, 0.2) is 48.5 Å². The highest BCUT2D eigenvalue weighted by molar-refractivity contribution is 5.92. The molecule has 0 fully saturated rings. The number of carboxylic acids is 1. The van der Waals surface area contributed by atoms with Gasteiger partial charge in [-0.05, 0) is 41.3 Å². The van der Waals surface area contributed by atoms with Crippen molar-refractivity contribution in [2.24, 2.45) is 11.7 Å². The number of nitrogens with one attached hydrogen (secondary N) is 3. The van der Waals surface area contributed by atoms with Gasteiger partial charge in [0.25, 0.3) is 0 Å². The average molecular weight is 501 g/mol. The second-order valence-corrected chi connectivity index (χ2v) is 8.75. The Kier molecular flexibility index (Phi) is 10.2. The summed E-state index contributed by atoms with van der Waals surface area (Å²) in [5, 5.41) is 35.7. The highest BCUT2D eigenvalue weighted by atomic mass is 16.4. The minimum absolute atomic E-state index is 0.0259. The van der Waals surface area contributed by atoms with E-state index in [1.165, 1.54) is 36.4 Å². The molecule has 194 valence electrons. The normalized spacial score (nSPS) is 13.3. The van der Waals surface area contributed by atoms with Crippen molar-refractivity contribution in [3.8, 4) is 11.5 Å². The Hall–Kier alpha value is -4.12. The molecule has 0 heterocycles. The molecule has 3 amide bonds. The number of aromatic hydroxyl groups is 2. The Morgan fingerprint density at radius 1 is 0.778 bits per heavy atom. The summed E-state index contributed by atoms with van der Waals surface area (Å²) < 4.78 is 0. The first kappa shape index (κ1) is 28.1. The van der Waals surface area contributed by atoms with Crippen molar-refractivity contribution in [3.63, 3.8) is 0 Å². The molecule has 0 aliphatic carbocycles. The minimum atomic E-state index is -1.26. The van der Waals surface area contributed by atoms with E-state index in [9.17, 15) is 34.5 Å². The third-order valence-electron chi connectivity index (χ3n) is 5.46. The maximum absolute atomic E-state index is 12.9. The smallest absolute Gasteiger partial charge is 0.326 e. The SMILES string of the molecule is CC(C)C(N)C(=O)NC(Cc1ccc(O)cc1)C(=O)NCC(=O)NC(Cc1ccc(O)cc1)C(=O)O. The van der Waals surface area contributed by atoms with Crippen LogP contribution in [0.4, 0.5) is 0 Å². The lowest BCUT2D eigenvalue weighted by molar-refractivity contribution is -0.141. The van der Waals surface area contributed by atoms with Crippen molar-refractivity contribution in [2.45, 2.75) is 44.8 Å². The van der Waals surface area contributed by atoms with Gasteiger partial charge in [0.2, 0.25) is 17.7 Å². The van der Waals surface area contributed by atoms with E-state index in [1.807, 2.05) is 0 Å². The number of carbonyl (C=O) groups excluding carboxylic acids is 3. The van der Waals surface area contributed by atoms with Crippen molar-refractivity contribution in [1.82, 2.24) is 16.0 Å². The lowest BCUT2D eigenvalue weighted by Gasteiger charge is -2.22. The minimum Gasteiger partial charge on any atom is -0.508 e. The Labute approximate surface area is 208 Å². The molecule has 2 rings (SSSR count). The number of carboxylic acid groups (broad SMARTS) is 1. The molecular weight excluding hydrogens is 468 g/mol. The van der Waals surface area contributed by atoms with E-state index in [0.717, 1.165) is 0 Å². The Morgan fingerprint density at radius 3 is 1.69 bits per heavy atom. The Morgan fingerprint density at radius 2 is 1.25 bits per heavy atom. The number of phenolic OH excluding ortho intramolecular Hbond substituents is 2. The lowest BCUT2D eigenvalue weighted by atomic mass is 10.0. The first-order valence-electron chi connectivity index (χ1n) is 11.4. The molecular formula is C25H32N4O7. The van der Waals surface area contributed by atoms with E-state index in [-0.39, 0.29) is 30.3 Å². The van der Waals surface area contributed by atoms with Crippen LogP contribution in [0.3, 0.4) is 0 Å². The summed E-state index contributed by atoms with van der Waals surface area (Å²) in [6.07, 6.45) is 0.0464. The largest absolute Gasteiger partial charge is 0.508 e. The number of aliphatic carboxylic acids is 1.